The Morgan fingerprint density at radius 1 is 1.17 bits per heavy atom. The van der Waals surface area contributed by atoms with Gasteiger partial charge in [-0.2, -0.15) is 10.2 Å². The molecule has 8 nitrogen and oxygen atoms in total. The molecule has 8 heteroatoms. The summed E-state index contributed by atoms with van der Waals surface area (Å²) in [5, 5.41) is 12.3. The number of rotatable bonds is 5. The highest BCUT2D eigenvalue weighted by Gasteiger charge is 2.43. The third-order valence-corrected chi connectivity index (χ3v) is 6.39. The molecule has 0 amide bonds. The van der Waals surface area contributed by atoms with E-state index in [2.05, 4.69) is 15.2 Å². The summed E-state index contributed by atoms with van der Waals surface area (Å²) in [6.07, 6.45) is 8.50. The molecule has 4 heterocycles. The Kier molecular flexibility index (Phi) is 3.65. The minimum Gasteiger partial charge on any atom is -0.382 e. The number of aromatic nitrogens is 6. The molecule has 2 saturated carbocycles. The average Bonchev–Trinajstić information content (AvgIpc) is 3.68. The quantitative estimate of drug-likeness (QED) is 0.534. The number of nitrogens with two attached hydrogens (primary N) is 1. The predicted octanol–water partition coefficient (Wildman–Crippen LogP) is 3.13. The number of aromatic amines is 1. The minimum atomic E-state index is -0.0512. The zero-order valence-corrected chi connectivity index (χ0v) is 16.7. The van der Waals surface area contributed by atoms with Gasteiger partial charge in [0.2, 0.25) is 0 Å². The van der Waals surface area contributed by atoms with Crippen molar-refractivity contribution < 1.29 is 0 Å². The molecule has 0 aliphatic heterocycles. The first-order valence-corrected chi connectivity index (χ1v) is 10.5. The maximum Gasteiger partial charge on any atom is 0.264 e. The number of fused-ring (bicyclic) bond motifs is 1. The van der Waals surface area contributed by atoms with Crippen LogP contribution in [0.1, 0.15) is 31.7 Å². The van der Waals surface area contributed by atoms with Crippen molar-refractivity contribution in [3.05, 3.63) is 47.0 Å². The van der Waals surface area contributed by atoms with Gasteiger partial charge in [0.1, 0.15) is 5.39 Å². The molecule has 2 aliphatic rings. The third kappa shape index (κ3) is 2.67. The van der Waals surface area contributed by atoms with E-state index in [0.29, 0.717) is 22.7 Å². The lowest BCUT2D eigenvalue weighted by molar-refractivity contribution is 0.386. The Labute approximate surface area is 172 Å². The number of hydrogen-bond donors (Lipinski definition) is 2. The Bertz CT molecular complexity index is 1300. The maximum atomic E-state index is 13.4. The van der Waals surface area contributed by atoms with Gasteiger partial charge in [-0.05, 0) is 55.7 Å². The predicted molar refractivity (Wildman–Crippen MR) is 115 cm³/mol. The number of nitrogen functional groups attached to an aromatic ring is 1. The van der Waals surface area contributed by atoms with E-state index >= 15 is 0 Å². The van der Waals surface area contributed by atoms with E-state index in [9.17, 15) is 4.79 Å². The molecule has 0 saturated heterocycles. The van der Waals surface area contributed by atoms with Gasteiger partial charge in [0.25, 0.3) is 5.56 Å². The zero-order chi connectivity index (χ0) is 20.4. The van der Waals surface area contributed by atoms with Crippen molar-refractivity contribution in [1.82, 2.24) is 29.5 Å². The lowest BCUT2D eigenvalue weighted by Gasteiger charge is -2.20. The molecule has 0 atom stereocenters. The van der Waals surface area contributed by atoms with Gasteiger partial charge in [-0.3, -0.25) is 19.6 Å². The van der Waals surface area contributed by atoms with Crippen LogP contribution in [-0.4, -0.2) is 29.5 Å². The van der Waals surface area contributed by atoms with Crippen molar-refractivity contribution in [2.45, 2.75) is 31.7 Å². The minimum absolute atomic E-state index is 0.0512. The van der Waals surface area contributed by atoms with Crippen LogP contribution in [0.5, 0.6) is 0 Å². The molecular weight excluding hydrogens is 378 g/mol. The number of nitrogens with one attached hydrogen (secondary N) is 1. The fourth-order valence-corrected chi connectivity index (χ4v) is 4.64. The zero-order valence-electron chi connectivity index (χ0n) is 16.7. The number of hydrogen-bond acceptors (Lipinski definition) is 5. The normalized spacial score (nSPS) is 16.6. The summed E-state index contributed by atoms with van der Waals surface area (Å²) in [4.78, 5) is 17.8. The van der Waals surface area contributed by atoms with Gasteiger partial charge in [0.15, 0.2) is 5.82 Å². The Hall–Kier alpha value is -3.42. The lowest BCUT2D eigenvalue weighted by atomic mass is 10.0. The molecule has 0 unspecified atom stereocenters. The van der Waals surface area contributed by atoms with Gasteiger partial charge >= 0.3 is 0 Å². The Morgan fingerprint density at radius 2 is 1.93 bits per heavy atom. The number of anilines is 1. The molecule has 3 N–H and O–H groups in total. The van der Waals surface area contributed by atoms with Crippen LogP contribution in [0.3, 0.4) is 0 Å². The first kappa shape index (κ1) is 17.4. The molecule has 0 bridgehead atoms. The van der Waals surface area contributed by atoms with E-state index in [0.717, 1.165) is 22.6 Å². The molecular formula is C22H23N7O. The number of pyridine rings is 2. The molecule has 152 valence electrons. The second kappa shape index (κ2) is 6.29. The molecule has 2 fully saturated rings. The highest BCUT2D eigenvalue weighted by atomic mass is 16.1. The van der Waals surface area contributed by atoms with Crippen LogP contribution in [0.15, 0.2) is 41.5 Å². The van der Waals surface area contributed by atoms with Crippen LogP contribution < -0.4 is 11.3 Å². The highest BCUT2D eigenvalue weighted by molar-refractivity contribution is 5.97. The average molecular weight is 401 g/mol. The van der Waals surface area contributed by atoms with Gasteiger partial charge in [0, 0.05) is 31.0 Å². The van der Waals surface area contributed by atoms with Crippen molar-refractivity contribution in [1.29, 1.82) is 0 Å². The van der Waals surface area contributed by atoms with E-state index in [1.807, 2.05) is 46.8 Å². The van der Waals surface area contributed by atoms with Gasteiger partial charge in [-0.15, -0.1) is 0 Å². The molecule has 0 radical (unpaired) electrons. The summed E-state index contributed by atoms with van der Waals surface area (Å²) in [5.41, 5.74) is 10.1. The van der Waals surface area contributed by atoms with Crippen LogP contribution >= 0.6 is 0 Å². The summed E-state index contributed by atoms with van der Waals surface area (Å²) < 4.78 is 3.74. The Morgan fingerprint density at radius 3 is 2.60 bits per heavy atom. The monoisotopic (exact) mass is 401 g/mol. The van der Waals surface area contributed by atoms with Crippen molar-refractivity contribution in [2.24, 2.45) is 18.9 Å². The second-order valence-corrected chi connectivity index (χ2v) is 8.53. The molecule has 0 aromatic carbocycles. The van der Waals surface area contributed by atoms with Crippen molar-refractivity contribution in [3.63, 3.8) is 0 Å². The molecule has 4 aromatic rings. The van der Waals surface area contributed by atoms with Crippen molar-refractivity contribution in [3.8, 4) is 22.6 Å². The number of nitrogens with zero attached hydrogens (tertiary/aromatic N) is 5. The van der Waals surface area contributed by atoms with Gasteiger partial charge < -0.3 is 10.3 Å². The van der Waals surface area contributed by atoms with Crippen molar-refractivity contribution in [2.75, 3.05) is 5.73 Å². The SMILES string of the molecule is Cn1nc(-c2cn(C(C3CC3)C3CC3)c(=O)c3c(N)n[nH]c23)cc1-c1ccccn1. The molecule has 6 rings (SSSR count). The molecule has 30 heavy (non-hydrogen) atoms. The van der Waals surface area contributed by atoms with Gasteiger partial charge in [-0.1, -0.05) is 6.07 Å². The van der Waals surface area contributed by atoms with Gasteiger partial charge in [-0.25, -0.2) is 0 Å². The van der Waals surface area contributed by atoms with Crippen LogP contribution in [0.4, 0.5) is 5.82 Å². The summed E-state index contributed by atoms with van der Waals surface area (Å²) in [6, 6.07) is 8.06. The maximum absolute atomic E-state index is 13.4. The van der Waals surface area contributed by atoms with Crippen LogP contribution in [0.25, 0.3) is 33.5 Å². The summed E-state index contributed by atoms with van der Waals surface area (Å²) in [7, 11) is 1.90. The van der Waals surface area contributed by atoms with Gasteiger partial charge in [0.05, 0.1) is 22.6 Å². The smallest absolute Gasteiger partial charge is 0.264 e. The highest BCUT2D eigenvalue weighted by Crippen LogP contribution is 2.52. The third-order valence-electron chi connectivity index (χ3n) is 6.39. The lowest BCUT2D eigenvalue weighted by Crippen LogP contribution is -2.27. The summed E-state index contributed by atoms with van der Waals surface area (Å²) in [6.45, 7) is 0. The fraction of sp³-hybridized carbons (Fsp3) is 0.364. The number of aryl methyl sites for hydroxylation is 1. The first-order valence-electron chi connectivity index (χ1n) is 10.5. The summed E-state index contributed by atoms with van der Waals surface area (Å²) in [5.74, 6) is 1.42. The van der Waals surface area contributed by atoms with E-state index in [4.69, 9.17) is 10.8 Å². The van der Waals surface area contributed by atoms with E-state index in [1.54, 1.807) is 6.20 Å². The van der Waals surface area contributed by atoms with E-state index < -0.39 is 0 Å². The van der Waals surface area contributed by atoms with Crippen LogP contribution in [0, 0.1) is 11.8 Å². The molecule has 4 aromatic heterocycles. The molecule has 0 spiro atoms. The topological polar surface area (TPSA) is 107 Å². The van der Waals surface area contributed by atoms with Crippen molar-refractivity contribution >= 4 is 16.7 Å². The largest absolute Gasteiger partial charge is 0.382 e. The van der Waals surface area contributed by atoms with Crippen LogP contribution in [-0.2, 0) is 7.05 Å². The fourth-order valence-electron chi connectivity index (χ4n) is 4.64. The summed E-state index contributed by atoms with van der Waals surface area (Å²) >= 11 is 0. The standard InChI is InChI=1S/C22H23N7O/c1-28-17(15-4-2-3-9-24-15)10-16(27-28)14-11-29(20(12-5-6-12)13-7-8-13)22(30)18-19(14)25-26-21(18)23/h2-4,9-13,20H,5-8H2,1H3,(H3,23,25,26). The molecule has 2 aliphatic carbocycles. The number of H-pyrrole nitrogens is 1. The Balaban J connectivity index is 1.57. The van der Waals surface area contributed by atoms with Crippen LogP contribution in [0.2, 0.25) is 0 Å². The first-order chi connectivity index (χ1) is 14.6. The van der Waals surface area contributed by atoms with E-state index in [-0.39, 0.29) is 17.4 Å². The van der Waals surface area contributed by atoms with E-state index in [1.165, 1.54) is 25.7 Å². The second-order valence-electron chi connectivity index (χ2n) is 8.53.